The molecule has 150 valence electrons. The first-order chi connectivity index (χ1) is 12.7. The fourth-order valence-corrected chi connectivity index (χ4v) is 3.32. The van der Waals surface area contributed by atoms with E-state index in [1.807, 2.05) is 11.5 Å². The molecule has 2 heterocycles. The number of esters is 1. The molecular weight excluding hydrogens is 342 g/mol. The molecule has 7 heteroatoms. The summed E-state index contributed by atoms with van der Waals surface area (Å²) in [5.41, 5.74) is 7.25. The molecule has 1 aromatic rings. The molecule has 1 atom stereocenters. The smallest absolute Gasteiger partial charge is 0.357 e. The van der Waals surface area contributed by atoms with Gasteiger partial charge in [0.1, 0.15) is 0 Å². The second-order valence-electron chi connectivity index (χ2n) is 7.81. The molecule has 1 unspecified atom stereocenters. The van der Waals surface area contributed by atoms with Crippen LogP contribution in [0.25, 0.3) is 0 Å². The van der Waals surface area contributed by atoms with Gasteiger partial charge in [0.25, 0.3) is 0 Å². The zero-order chi connectivity index (χ0) is 20.2. The minimum Gasteiger partial charge on any atom is -0.461 e. The normalized spacial score (nSPS) is 16.6. The van der Waals surface area contributed by atoms with Crippen LogP contribution in [0.5, 0.6) is 0 Å². The predicted octanol–water partition coefficient (Wildman–Crippen LogP) is 2.02. The van der Waals surface area contributed by atoms with Gasteiger partial charge < -0.3 is 15.4 Å². The molecule has 1 aliphatic heterocycles. The monoisotopic (exact) mass is 375 g/mol. The summed E-state index contributed by atoms with van der Waals surface area (Å²) in [6.45, 7) is 16.4. The fourth-order valence-electron chi connectivity index (χ4n) is 3.32. The summed E-state index contributed by atoms with van der Waals surface area (Å²) in [7, 11) is 0. The quantitative estimate of drug-likeness (QED) is 0.627. The van der Waals surface area contributed by atoms with Crippen LogP contribution in [0.2, 0.25) is 0 Å². The van der Waals surface area contributed by atoms with Crippen molar-refractivity contribution in [2.24, 2.45) is 5.73 Å². The van der Waals surface area contributed by atoms with E-state index in [1.165, 1.54) is 0 Å². The number of hydrogen-bond donors (Lipinski definition) is 1. The van der Waals surface area contributed by atoms with Crippen LogP contribution < -0.4 is 10.6 Å². The van der Waals surface area contributed by atoms with Gasteiger partial charge in [-0.3, -0.25) is 9.47 Å². The Balaban J connectivity index is 2.41. The standard InChI is InChI=1S/C20H33N5O2/c1-7-9-10-25-17(18(26)27-8-2)16(15(3)21)22-19(25)23-11-13-24(14-12-23)20(4,5)6/h15H,8,10-14,21H2,1-6H3. The van der Waals surface area contributed by atoms with Gasteiger partial charge in [-0.1, -0.05) is 5.92 Å². The van der Waals surface area contributed by atoms with Crippen LogP contribution in [-0.4, -0.2) is 58.7 Å². The van der Waals surface area contributed by atoms with E-state index in [0.29, 0.717) is 24.5 Å². The maximum Gasteiger partial charge on any atom is 0.357 e. The van der Waals surface area contributed by atoms with Gasteiger partial charge in [-0.15, -0.1) is 5.92 Å². The van der Waals surface area contributed by atoms with Crippen LogP contribution in [0.1, 0.15) is 63.8 Å². The molecule has 0 spiro atoms. The molecule has 27 heavy (non-hydrogen) atoms. The van der Waals surface area contributed by atoms with E-state index in [0.717, 1.165) is 32.1 Å². The minimum absolute atomic E-state index is 0.141. The van der Waals surface area contributed by atoms with Crippen LogP contribution in [0.15, 0.2) is 0 Å². The number of piperazine rings is 1. The summed E-state index contributed by atoms with van der Waals surface area (Å²) >= 11 is 0. The highest BCUT2D eigenvalue weighted by Crippen LogP contribution is 2.26. The first-order valence-corrected chi connectivity index (χ1v) is 9.63. The van der Waals surface area contributed by atoms with E-state index in [1.54, 1.807) is 13.8 Å². The van der Waals surface area contributed by atoms with Gasteiger partial charge in [-0.05, 0) is 41.5 Å². The largest absolute Gasteiger partial charge is 0.461 e. The Kier molecular flexibility index (Phi) is 6.90. The molecular formula is C20H33N5O2. The third-order valence-electron chi connectivity index (χ3n) is 4.80. The van der Waals surface area contributed by atoms with Gasteiger partial charge >= 0.3 is 5.97 Å². The van der Waals surface area contributed by atoms with Gasteiger partial charge in [0.15, 0.2) is 5.69 Å². The number of anilines is 1. The number of carbonyl (C=O) groups excluding carboxylic acids is 1. The van der Waals surface area contributed by atoms with Crippen molar-refractivity contribution < 1.29 is 9.53 Å². The molecule has 0 aliphatic carbocycles. The van der Waals surface area contributed by atoms with Crippen molar-refractivity contribution in [2.45, 2.75) is 59.7 Å². The molecule has 1 aliphatic rings. The van der Waals surface area contributed by atoms with E-state index in [9.17, 15) is 4.79 Å². The number of carbonyl (C=O) groups is 1. The summed E-state index contributed by atoms with van der Waals surface area (Å²) in [5, 5.41) is 0. The van der Waals surface area contributed by atoms with Crippen LogP contribution in [0.4, 0.5) is 5.95 Å². The first kappa shape index (κ1) is 21.3. The molecule has 0 radical (unpaired) electrons. The predicted molar refractivity (Wildman–Crippen MR) is 108 cm³/mol. The summed E-state index contributed by atoms with van der Waals surface area (Å²) in [4.78, 5) is 22.0. The topological polar surface area (TPSA) is 76.6 Å². The van der Waals surface area contributed by atoms with E-state index >= 15 is 0 Å². The second-order valence-corrected chi connectivity index (χ2v) is 7.81. The highest BCUT2D eigenvalue weighted by atomic mass is 16.5. The maximum absolute atomic E-state index is 12.6. The van der Waals surface area contributed by atoms with Gasteiger partial charge in [-0.2, -0.15) is 0 Å². The molecule has 0 saturated carbocycles. The average Bonchev–Trinajstić information content (AvgIpc) is 2.99. The van der Waals surface area contributed by atoms with Crippen molar-refractivity contribution in [2.75, 3.05) is 37.7 Å². The highest BCUT2D eigenvalue weighted by molar-refractivity contribution is 5.90. The van der Waals surface area contributed by atoms with Crippen molar-refractivity contribution in [3.63, 3.8) is 0 Å². The third-order valence-corrected chi connectivity index (χ3v) is 4.80. The van der Waals surface area contributed by atoms with E-state index in [-0.39, 0.29) is 11.6 Å². The average molecular weight is 376 g/mol. The summed E-state index contributed by atoms with van der Waals surface area (Å²) in [5.74, 6) is 6.31. The summed E-state index contributed by atoms with van der Waals surface area (Å²) < 4.78 is 7.13. The Bertz CT molecular complexity index is 713. The Hall–Kier alpha value is -2.04. The number of imidazole rings is 1. The van der Waals surface area contributed by atoms with Crippen LogP contribution in [-0.2, 0) is 11.3 Å². The van der Waals surface area contributed by atoms with E-state index < -0.39 is 5.97 Å². The molecule has 2 rings (SSSR count). The number of rotatable bonds is 5. The lowest BCUT2D eigenvalue weighted by Crippen LogP contribution is -2.54. The first-order valence-electron chi connectivity index (χ1n) is 9.63. The van der Waals surface area contributed by atoms with Crippen LogP contribution >= 0.6 is 0 Å². The highest BCUT2D eigenvalue weighted by Gasteiger charge is 2.31. The number of nitrogens with two attached hydrogens (primary N) is 1. The molecule has 0 bridgehead atoms. The van der Waals surface area contributed by atoms with Gasteiger partial charge in [-0.25, -0.2) is 9.78 Å². The van der Waals surface area contributed by atoms with Crippen LogP contribution in [0.3, 0.4) is 0 Å². The number of nitrogens with zero attached hydrogens (tertiary/aromatic N) is 4. The number of ether oxygens (including phenoxy) is 1. The Labute approximate surface area is 162 Å². The molecule has 0 aromatic carbocycles. The van der Waals surface area contributed by atoms with Crippen molar-refractivity contribution in [1.29, 1.82) is 0 Å². The van der Waals surface area contributed by atoms with Crippen molar-refractivity contribution >= 4 is 11.9 Å². The van der Waals surface area contributed by atoms with Crippen molar-refractivity contribution in [3.8, 4) is 11.8 Å². The number of aromatic nitrogens is 2. The zero-order valence-electron chi connectivity index (χ0n) is 17.5. The molecule has 1 aromatic heterocycles. The van der Waals surface area contributed by atoms with Crippen LogP contribution in [0, 0.1) is 11.8 Å². The van der Waals surface area contributed by atoms with Gasteiger partial charge in [0.05, 0.1) is 18.8 Å². The Morgan fingerprint density at radius 3 is 2.41 bits per heavy atom. The maximum atomic E-state index is 12.6. The van der Waals surface area contributed by atoms with Crippen molar-refractivity contribution in [1.82, 2.24) is 14.5 Å². The van der Waals surface area contributed by atoms with Gasteiger partial charge in [0, 0.05) is 37.8 Å². The SMILES string of the molecule is CC#CCn1c(N2CCN(C(C)(C)C)CC2)nc(C(C)N)c1C(=O)OCC. The molecule has 0 amide bonds. The van der Waals surface area contributed by atoms with Gasteiger partial charge in [0.2, 0.25) is 5.95 Å². The summed E-state index contributed by atoms with van der Waals surface area (Å²) in [6.07, 6.45) is 0. The fraction of sp³-hybridized carbons (Fsp3) is 0.700. The Morgan fingerprint density at radius 1 is 1.30 bits per heavy atom. The molecule has 7 nitrogen and oxygen atoms in total. The summed E-state index contributed by atoms with van der Waals surface area (Å²) in [6, 6.07) is -0.366. The lowest BCUT2D eigenvalue weighted by molar-refractivity contribution is 0.0512. The zero-order valence-corrected chi connectivity index (χ0v) is 17.5. The second kappa shape index (κ2) is 8.77. The van der Waals surface area contributed by atoms with E-state index in [2.05, 4.69) is 42.4 Å². The lowest BCUT2D eigenvalue weighted by Gasteiger charge is -2.42. The Morgan fingerprint density at radius 2 is 1.93 bits per heavy atom. The minimum atomic E-state index is -0.394. The molecule has 1 saturated heterocycles. The lowest BCUT2D eigenvalue weighted by atomic mass is 10.1. The molecule has 1 fully saturated rings. The van der Waals surface area contributed by atoms with E-state index in [4.69, 9.17) is 15.5 Å². The van der Waals surface area contributed by atoms with Crippen molar-refractivity contribution in [3.05, 3.63) is 11.4 Å². The third kappa shape index (κ3) is 4.82. The number of hydrogen-bond acceptors (Lipinski definition) is 6. The molecule has 2 N–H and O–H groups in total.